The van der Waals surface area contributed by atoms with E-state index in [9.17, 15) is 14.4 Å². The van der Waals surface area contributed by atoms with Gasteiger partial charge in [-0.05, 0) is 54.6 Å². The summed E-state index contributed by atoms with van der Waals surface area (Å²) in [6.07, 6.45) is 1.46. The first-order valence-corrected chi connectivity index (χ1v) is 11.1. The molecule has 2 heterocycles. The van der Waals surface area contributed by atoms with E-state index in [-0.39, 0.29) is 18.1 Å². The molecule has 2 amide bonds. The summed E-state index contributed by atoms with van der Waals surface area (Å²) in [5.74, 6) is -0.796. The van der Waals surface area contributed by atoms with E-state index in [1.165, 1.54) is 10.9 Å². The zero-order chi connectivity index (χ0) is 24.5. The van der Waals surface area contributed by atoms with Crippen molar-refractivity contribution < 1.29 is 9.59 Å². The maximum absolute atomic E-state index is 12.9. The van der Waals surface area contributed by atoms with Crippen LogP contribution in [0.2, 0.25) is 10.0 Å². The fraction of sp³-hybridized carbons (Fsp3) is 0.0417. The molecule has 0 aliphatic carbocycles. The molecular formula is C24H16Cl2N6O3. The van der Waals surface area contributed by atoms with Crippen LogP contribution in [0, 0.1) is 0 Å². The number of benzene rings is 3. The van der Waals surface area contributed by atoms with E-state index in [0.29, 0.717) is 38.0 Å². The molecule has 11 heteroatoms. The molecule has 0 bridgehead atoms. The Balaban J connectivity index is 1.32. The minimum atomic E-state index is -0.428. The lowest BCUT2D eigenvalue weighted by Crippen LogP contribution is -2.29. The van der Waals surface area contributed by atoms with Crippen molar-refractivity contribution in [2.45, 2.75) is 6.54 Å². The predicted molar refractivity (Wildman–Crippen MR) is 134 cm³/mol. The Morgan fingerprint density at radius 1 is 0.914 bits per heavy atom. The number of hydrogen-bond acceptors (Lipinski definition) is 5. The van der Waals surface area contributed by atoms with Gasteiger partial charge in [0.15, 0.2) is 0 Å². The summed E-state index contributed by atoms with van der Waals surface area (Å²) in [6, 6.07) is 18.3. The Bertz CT molecular complexity index is 1660. The van der Waals surface area contributed by atoms with Crippen LogP contribution in [-0.4, -0.2) is 31.0 Å². The quantitative estimate of drug-likeness (QED) is 0.370. The number of aromatic nitrogens is 4. The van der Waals surface area contributed by atoms with E-state index in [1.807, 2.05) is 12.1 Å². The van der Waals surface area contributed by atoms with E-state index < -0.39 is 11.5 Å². The van der Waals surface area contributed by atoms with Gasteiger partial charge >= 0.3 is 0 Å². The smallest absolute Gasteiger partial charge is 0.297 e. The van der Waals surface area contributed by atoms with Crippen LogP contribution in [0.15, 0.2) is 77.9 Å². The number of rotatable bonds is 5. The first-order chi connectivity index (χ1) is 16.9. The number of halogens is 2. The van der Waals surface area contributed by atoms with Crippen LogP contribution in [0.5, 0.6) is 0 Å². The zero-order valence-electron chi connectivity index (χ0n) is 17.9. The second-order valence-electron chi connectivity index (χ2n) is 7.61. The third-order valence-corrected chi connectivity index (χ3v) is 5.89. The van der Waals surface area contributed by atoms with Crippen LogP contribution in [0.4, 0.5) is 11.4 Å². The number of amides is 2. The molecule has 2 N–H and O–H groups in total. The van der Waals surface area contributed by atoms with Crippen LogP contribution in [0.1, 0.15) is 10.4 Å². The maximum Gasteiger partial charge on any atom is 0.297 e. The highest BCUT2D eigenvalue weighted by Gasteiger charge is 2.15. The van der Waals surface area contributed by atoms with Crippen molar-refractivity contribution in [2.24, 2.45) is 0 Å². The van der Waals surface area contributed by atoms with Gasteiger partial charge in [0.2, 0.25) is 11.6 Å². The van der Waals surface area contributed by atoms with Crippen molar-refractivity contribution in [3.63, 3.8) is 0 Å². The number of carbonyl (C=O) groups is 2. The maximum atomic E-state index is 12.9. The molecule has 0 saturated carbocycles. The van der Waals surface area contributed by atoms with Gasteiger partial charge in [-0.3, -0.25) is 23.4 Å². The standard InChI is InChI=1S/C24H16Cl2N6O3/c25-15-7-10-17(26)18(11-15)29-23(34)14-5-8-16(9-6-14)28-21(33)12-31-19-3-1-2-4-20(19)32-13-27-30-22(32)24(31)35/h1-11,13H,12H2,(H,28,33)(H,29,34). The summed E-state index contributed by atoms with van der Waals surface area (Å²) in [6.45, 7) is -0.224. The van der Waals surface area contributed by atoms with Gasteiger partial charge < -0.3 is 10.6 Å². The van der Waals surface area contributed by atoms with Crippen LogP contribution in [0.3, 0.4) is 0 Å². The van der Waals surface area contributed by atoms with Crippen molar-refractivity contribution in [1.29, 1.82) is 0 Å². The monoisotopic (exact) mass is 506 g/mol. The molecule has 0 unspecified atom stereocenters. The molecule has 0 spiro atoms. The molecule has 0 atom stereocenters. The minimum absolute atomic E-state index is 0.131. The Morgan fingerprint density at radius 3 is 2.43 bits per heavy atom. The molecule has 0 aliphatic heterocycles. The summed E-state index contributed by atoms with van der Waals surface area (Å²) >= 11 is 12.1. The van der Waals surface area contributed by atoms with Gasteiger partial charge in [-0.1, -0.05) is 35.3 Å². The highest BCUT2D eigenvalue weighted by atomic mass is 35.5. The average Bonchev–Trinajstić information content (AvgIpc) is 3.35. The summed E-state index contributed by atoms with van der Waals surface area (Å²) in [7, 11) is 0. The van der Waals surface area contributed by atoms with E-state index in [0.717, 1.165) is 0 Å². The fourth-order valence-corrected chi connectivity index (χ4v) is 4.01. The van der Waals surface area contributed by atoms with Crippen LogP contribution < -0.4 is 16.2 Å². The molecule has 5 rings (SSSR count). The van der Waals surface area contributed by atoms with E-state index in [2.05, 4.69) is 20.8 Å². The van der Waals surface area contributed by atoms with Crippen molar-refractivity contribution in [3.05, 3.63) is 99.0 Å². The third-order valence-electron chi connectivity index (χ3n) is 5.33. The van der Waals surface area contributed by atoms with Crippen molar-refractivity contribution in [3.8, 4) is 0 Å². The number of fused-ring (bicyclic) bond motifs is 3. The number of nitrogens with zero attached hydrogens (tertiary/aromatic N) is 4. The van der Waals surface area contributed by atoms with E-state index >= 15 is 0 Å². The predicted octanol–water partition coefficient (Wildman–Crippen LogP) is 4.24. The Labute approximate surface area is 207 Å². The number of para-hydroxylation sites is 2. The normalized spacial score (nSPS) is 11.0. The molecular weight excluding hydrogens is 491 g/mol. The van der Waals surface area contributed by atoms with Crippen LogP contribution >= 0.6 is 23.2 Å². The van der Waals surface area contributed by atoms with Crippen LogP contribution in [-0.2, 0) is 11.3 Å². The van der Waals surface area contributed by atoms with Crippen LogP contribution in [0.25, 0.3) is 16.7 Å². The van der Waals surface area contributed by atoms with Crippen molar-refractivity contribution >= 4 is 63.1 Å². The molecule has 2 aromatic heterocycles. The molecule has 5 aromatic rings. The van der Waals surface area contributed by atoms with Gasteiger partial charge in [-0.2, -0.15) is 0 Å². The molecule has 0 fully saturated rings. The van der Waals surface area contributed by atoms with Gasteiger partial charge in [0.1, 0.15) is 12.9 Å². The zero-order valence-corrected chi connectivity index (χ0v) is 19.4. The number of nitrogens with one attached hydrogen (secondary N) is 2. The molecule has 0 radical (unpaired) electrons. The molecule has 0 saturated heterocycles. The first kappa shape index (κ1) is 22.6. The lowest BCUT2D eigenvalue weighted by Gasteiger charge is -2.12. The second-order valence-corrected chi connectivity index (χ2v) is 8.45. The molecule has 174 valence electrons. The molecule has 35 heavy (non-hydrogen) atoms. The van der Waals surface area contributed by atoms with Gasteiger partial charge in [-0.25, -0.2) is 0 Å². The lowest BCUT2D eigenvalue weighted by molar-refractivity contribution is -0.116. The van der Waals surface area contributed by atoms with Gasteiger partial charge in [0.25, 0.3) is 11.5 Å². The lowest BCUT2D eigenvalue weighted by atomic mass is 10.2. The minimum Gasteiger partial charge on any atom is -0.325 e. The number of hydrogen-bond donors (Lipinski definition) is 2. The molecule has 9 nitrogen and oxygen atoms in total. The first-order valence-electron chi connectivity index (χ1n) is 10.4. The summed E-state index contributed by atoms with van der Waals surface area (Å²) in [5, 5.41) is 13.9. The summed E-state index contributed by atoms with van der Waals surface area (Å²) in [5.41, 5.74) is 2.20. The van der Waals surface area contributed by atoms with Crippen molar-refractivity contribution in [2.75, 3.05) is 10.6 Å². The molecule has 3 aromatic carbocycles. The van der Waals surface area contributed by atoms with E-state index in [4.69, 9.17) is 23.2 Å². The third kappa shape index (κ3) is 4.46. The van der Waals surface area contributed by atoms with Gasteiger partial charge in [0.05, 0.1) is 21.7 Å². The topological polar surface area (TPSA) is 110 Å². The SMILES string of the molecule is O=C(Cn1c(=O)c2nncn2c2ccccc21)Nc1ccc(C(=O)Nc2cc(Cl)ccc2Cl)cc1. The average molecular weight is 507 g/mol. The van der Waals surface area contributed by atoms with Gasteiger partial charge in [0, 0.05) is 16.3 Å². The fourth-order valence-electron chi connectivity index (χ4n) is 3.68. The van der Waals surface area contributed by atoms with Gasteiger partial charge in [-0.15, -0.1) is 10.2 Å². The Morgan fingerprint density at radius 2 is 1.66 bits per heavy atom. The number of carbonyl (C=O) groups excluding carboxylic acids is 2. The summed E-state index contributed by atoms with van der Waals surface area (Å²) < 4.78 is 2.94. The Hall–Kier alpha value is -4.21. The second kappa shape index (κ2) is 9.21. The highest BCUT2D eigenvalue weighted by molar-refractivity contribution is 6.35. The van der Waals surface area contributed by atoms with Crippen molar-refractivity contribution in [1.82, 2.24) is 19.2 Å². The Kier molecular flexibility index (Phi) is 5.94. The number of anilines is 2. The largest absolute Gasteiger partial charge is 0.325 e. The van der Waals surface area contributed by atoms with E-state index in [1.54, 1.807) is 59.0 Å². The highest BCUT2D eigenvalue weighted by Crippen LogP contribution is 2.26. The molecule has 0 aliphatic rings. The summed E-state index contributed by atoms with van der Waals surface area (Å²) in [4.78, 5) is 38.2.